The maximum atomic E-state index is 13.2. The number of anilines is 1. The van der Waals surface area contributed by atoms with Crippen LogP contribution >= 0.6 is 12.2 Å². The number of fused-ring (bicyclic) bond motifs is 1. The Hall–Kier alpha value is -3.25. The summed E-state index contributed by atoms with van der Waals surface area (Å²) in [4.78, 5) is 27.1. The highest BCUT2D eigenvalue weighted by molar-refractivity contribution is 7.80. The molecule has 4 rings (SSSR count). The van der Waals surface area contributed by atoms with Gasteiger partial charge in [0.05, 0.1) is 5.69 Å². The van der Waals surface area contributed by atoms with E-state index >= 15 is 0 Å². The van der Waals surface area contributed by atoms with Gasteiger partial charge in [-0.2, -0.15) is 0 Å². The summed E-state index contributed by atoms with van der Waals surface area (Å²) in [5, 5.41) is 3.71. The molecule has 5 nitrogen and oxygen atoms in total. The highest BCUT2D eigenvalue weighted by Crippen LogP contribution is 2.27. The molecule has 0 radical (unpaired) electrons. The van der Waals surface area contributed by atoms with Crippen LogP contribution in [0.2, 0.25) is 0 Å². The van der Waals surface area contributed by atoms with Crippen molar-refractivity contribution < 1.29 is 9.59 Å². The van der Waals surface area contributed by atoms with Crippen LogP contribution in [0.3, 0.4) is 0 Å². The molecule has 2 amide bonds. The third-order valence-electron chi connectivity index (χ3n) is 5.15. The number of rotatable bonds is 3. The zero-order valence-electron chi connectivity index (χ0n) is 16.5. The first-order valence-electron chi connectivity index (χ1n) is 9.42. The molecule has 29 heavy (non-hydrogen) atoms. The molecule has 146 valence electrons. The third kappa shape index (κ3) is 3.36. The highest BCUT2D eigenvalue weighted by atomic mass is 32.1. The lowest BCUT2D eigenvalue weighted by molar-refractivity contribution is -0.122. The van der Waals surface area contributed by atoms with E-state index in [9.17, 15) is 9.59 Å². The second-order valence-electron chi connectivity index (χ2n) is 7.42. The zero-order valence-corrected chi connectivity index (χ0v) is 17.3. The molecule has 1 aromatic heterocycles. The van der Waals surface area contributed by atoms with E-state index in [1.54, 1.807) is 6.08 Å². The van der Waals surface area contributed by atoms with E-state index in [0.717, 1.165) is 16.5 Å². The molecule has 6 heteroatoms. The van der Waals surface area contributed by atoms with Crippen LogP contribution in [0.4, 0.5) is 5.69 Å². The molecule has 0 spiro atoms. The first-order chi connectivity index (χ1) is 13.9. The average Bonchev–Trinajstić information content (AvgIpc) is 3.01. The summed E-state index contributed by atoms with van der Waals surface area (Å²) >= 11 is 5.29. The number of nitrogens with one attached hydrogen (secondary N) is 1. The Labute approximate surface area is 174 Å². The maximum Gasteiger partial charge on any atom is 0.270 e. The van der Waals surface area contributed by atoms with Crippen molar-refractivity contribution >= 4 is 51.8 Å². The van der Waals surface area contributed by atoms with Crippen LogP contribution < -0.4 is 10.2 Å². The fraction of sp³-hybridized carbons (Fsp3) is 0.174. The number of thiocarbonyl (C=S) groups is 1. The summed E-state index contributed by atoms with van der Waals surface area (Å²) in [6.45, 7) is 4.22. The van der Waals surface area contributed by atoms with E-state index < -0.39 is 11.8 Å². The number of para-hydroxylation sites is 1. The molecule has 0 saturated carbocycles. The minimum absolute atomic E-state index is 0.0582. The lowest BCUT2D eigenvalue weighted by Gasteiger charge is -2.29. The van der Waals surface area contributed by atoms with Crippen molar-refractivity contribution in [2.75, 3.05) is 4.90 Å². The van der Waals surface area contributed by atoms with Gasteiger partial charge in [0.2, 0.25) is 0 Å². The van der Waals surface area contributed by atoms with Crippen molar-refractivity contribution in [3.05, 3.63) is 71.4 Å². The Morgan fingerprint density at radius 3 is 2.41 bits per heavy atom. The van der Waals surface area contributed by atoms with Crippen LogP contribution in [0.5, 0.6) is 0 Å². The number of amides is 2. The van der Waals surface area contributed by atoms with Crippen LogP contribution in [0, 0.1) is 0 Å². The fourth-order valence-corrected chi connectivity index (χ4v) is 3.82. The molecule has 1 saturated heterocycles. The molecule has 0 atom stereocenters. The van der Waals surface area contributed by atoms with Gasteiger partial charge >= 0.3 is 0 Å². The Kier molecular flexibility index (Phi) is 4.80. The van der Waals surface area contributed by atoms with Gasteiger partial charge in [-0.1, -0.05) is 44.2 Å². The number of benzene rings is 2. The smallest absolute Gasteiger partial charge is 0.270 e. The van der Waals surface area contributed by atoms with Crippen LogP contribution in [0.1, 0.15) is 30.9 Å². The quantitative estimate of drug-likeness (QED) is 0.406. The van der Waals surface area contributed by atoms with Gasteiger partial charge in [-0.05, 0) is 48.0 Å². The molecule has 1 aliphatic heterocycles. The van der Waals surface area contributed by atoms with E-state index in [-0.39, 0.29) is 10.7 Å². The topological polar surface area (TPSA) is 54.3 Å². The Morgan fingerprint density at radius 1 is 1.03 bits per heavy atom. The van der Waals surface area contributed by atoms with Gasteiger partial charge in [0.25, 0.3) is 11.8 Å². The van der Waals surface area contributed by atoms with Gasteiger partial charge in [-0.3, -0.25) is 19.8 Å². The molecule has 3 aromatic rings. The van der Waals surface area contributed by atoms with Crippen LogP contribution in [-0.4, -0.2) is 21.5 Å². The third-order valence-corrected chi connectivity index (χ3v) is 5.43. The predicted octanol–water partition coefficient (Wildman–Crippen LogP) is 4.13. The van der Waals surface area contributed by atoms with E-state index in [0.29, 0.717) is 11.6 Å². The Bertz CT molecular complexity index is 1170. The van der Waals surface area contributed by atoms with E-state index in [1.165, 1.54) is 10.5 Å². The van der Waals surface area contributed by atoms with Crippen molar-refractivity contribution in [1.29, 1.82) is 0 Å². The van der Waals surface area contributed by atoms with Crippen LogP contribution in [-0.2, 0) is 16.6 Å². The number of carbonyl (C=O) groups is 2. The number of hydrogen-bond donors (Lipinski definition) is 1. The van der Waals surface area contributed by atoms with Crippen molar-refractivity contribution in [3.63, 3.8) is 0 Å². The molecular weight excluding hydrogens is 382 g/mol. The van der Waals surface area contributed by atoms with Crippen molar-refractivity contribution in [2.45, 2.75) is 19.8 Å². The molecule has 0 aliphatic carbocycles. The molecule has 1 N–H and O–H groups in total. The first kappa shape index (κ1) is 19.1. The minimum Gasteiger partial charge on any atom is -0.350 e. The predicted molar refractivity (Wildman–Crippen MR) is 120 cm³/mol. The van der Waals surface area contributed by atoms with E-state index in [4.69, 9.17) is 12.2 Å². The molecule has 0 bridgehead atoms. The van der Waals surface area contributed by atoms with Crippen molar-refractivity contribution in [1.82, 2.24) is 9.88 Å². The zero-order chi connectivity index (χ0) is 20.7. The van der Waals surface area contributed by atoms with Crippen LogP contribution in [0.15, 0.2) is 60.3 Å². The lowest BCUT2D eigenvalue weighted by Crippen LogP contribution is -2.54. The minimum atomic E-state index is -0.483. The summed E-state index contributed by atoms with van der Waals surface area (Å²) < 4.78 is 1.97. The van der Waals surface area contributed by atoms with Gasteiger partial charge in [0.1, 0.15) is 5.57 Å². The molecule has 1 fully saturated rings. The SMILES string of the molecule is CC(C)c1ccc(N2C(=O)/C(=C/c3cn(C)c4ccccc34)C(=O)NC2=S)cc1. The first-order valence-corrected chi connectivity index (χ1v) is 9.83. The van der Waals surface area contributed by atoms with Gasteiger partial charge in [-0.25, -0.2) is 0 Å². The number of aryl methyl sites for hydroxylation is 1. The summed E-state index contributed by atoms with van der Waals surface area (Å²) in [5.74, 6) is -0.526. The standard InChI is InChI=1S/C23H21N3O2S/c1-14(2)15-8-10-17(11-9-15)26-22(28)19(21(27)24-23(26)29)12-16-13-25(3)20-7-5-4-6-18(16)20/h4-14H,1-3H3,(H,24,27,29)/b19-12+. The number of carbonyl (C=O) groups excluding carboxylic acids is 2. The average molecular weight is 404 g/mol. The summed E-state index contributed by atoms with van der Waals surface area (Å²) in [6, 6.07) is 15.5. The maximum absolute atomic E-state index is 13.2. The lowest BCUT2D eigenvalue weighted by atomic mass is 10.0. The second kappa shape index (κ2) is 7.29. The van der Waals surface area contributed by atoms with Crippen LogP contribution in [0.25, 0.3) is 17.0 Å². The van der Waals surface area contributed by atoms with Crippen molar-refractivity contribution in [3.8, 4) is 0 Å². The molecular formula is C23H21N3O2S. The number of hydrogen-bond acceptors (Lipinski definition) is 3. The summed E-state index contributed by atoms with van der Waals surface area (Å²) in [7, 11) is 1.94. The van der Waals surface area contributed by atoms with Gasteiger partial charge < -0.3 is 4.57 Å². The van der Waals surface area contributed by atoms with E-state index in [1.807, 2.05) is 66.3 Å². The summed E-state index contributed by atoms with van der Waals surface area (Å²) in [6.07, 6.45) is 3.55. The summed E-state index contributed by atoms with van der Waals surface area (Å²) in [5.41, 5.74) is 3.69. The normalized spacial score (nSPS) is 16.2. The second-order valence-corrected chi connectivity index (χ2v) is 7.80. The Morgan fingerprint density at radius 2 is 1.72 bits per heavy atom. The van der Waals surface area contributed by atoms with Gasteiger partial charge in [0.15, 0.2) is 5.11 Å². The molecule has 2 heterocycles. The number of nitrogens with zero attached hydrogens (tertiary/aromatic N) is 2. The Balaban J connectivity index is 1.76. The number of aromatic nitrogens is 1. The highest BCUT2D eigenvalue weighted by Gasteiger charge is 2.34. The monoisotopic (exact) mass is 403 g/mol. The van der Waals surface area contributed by atoms with E-state index in [2.05, 4.69) is 19.2 Å². The van der Waals surface area contributed by atoms with Gasteiger partial charge in [0, 0.05) is 29.7 Å². The van der Waals surface area contributed by atoms with Gasteiger partial charge in [-0.15, -0.1) is 0 Å². The molecule has 2 aromatic carbocycles. The molecule has 1 aliphatic rings. The fourth-order valence-electron chi connectivity index (χ4n) is 3.54. The molecule has 0 unspecified atom stereocenters. The van der Waals surface area contributed by atoms with Crippen molar-refractivity contribution in [2.24, 2.45) is 7.05 Å². The largest absolute Gasteiger partial charge is 0.350 e.